The first-order valence-electron chi connectivity index (χ1n) is 7.29. The molecule has 1 aromatic heterocycles. The third-order valence-corrected chi connectivity index (χ3v) is 5.09. The molecular weight excluding hydrogens is 242 g/mol. The molecule has 0 atom stereocenters. The van der Waals surface area contributed by atoms with Gasteiger partial charge in [0.15, 0.2) is 0 Å². The Kier molecular flexibility index (Phi) is 4.28. The van der Waals surface area contributed by atoms with Crippen LogP contribution in [0.2, 0.25) is 0 Å². The minimum atomic E-state index is 0.795. The summed E-state index contributed by atoms with van der Waals surface area (Å²) in [6.45, 7) is 5.97. The standard InChI is InChI=1S/C14H23N3S/c1-3-12(4-1)13-11-18-14(16-13)5-2-8-17-9-6-15-7-10-17/h11-12,15H,1-10H2. The van der Waals surface area contributed by atoms with E-state index < -0.39 is 0 Å². The highest BCUT2D eigenvalue weighted by atomic mass is 32.1. The van der Waals surface area contributed by atoms with E-state index in [9.17, 15) is 0 Å². The summed E-state index contributed by atoms with van der Waals surface area (Å²) in [4.78, 5) is 7.37. The summed E-state index contributed by atoms with van der Waals surface area (Å²) < 4.78 is 0. The summed E-state index contributed by atoms with van der Waals surface area (Å²) in [5, 5.41) is 7.05. The van der Waals surface area contributed by atoms with Crippen molar-refractivity contribution in [2.45, 2.75) is 38.0 Å². The first-order chi connectivity index (χ1) is 8.92. The number of aromatic nitrogens is 1. The quantitative estimate of drug-likeness (QED) is 0.885. The van der Waals surface area contributed by atoms with Crippen molar-refractivity contribution >= 4 is 11.3 Å². The molecule has 3 nitrogen and oxygen atoms in total. The Bertz CT molecular complexity index is 367. The van der Waals surface area contributed by atoms with E-state index in [1.807, 2.05) is 11.3 Å². The summed E-state index contributed by atoms with van der Waals surface area (Å²) in [6.07, 6.45) is 6.56. The van der Waals surface area contributed by atoms with Crippen LogP contribution in [0.3, 0.4) is 0 Å². The van der Waals surface area contributed by atoms with Gasteiger partial charge in [-0.15, -0.1) is 11.3 Å². The van der Waals surface area contributed by atoms with Crippen LogP contribution in [-0.2, 0) is 6.42 Å². The molecule has 4 heteroatoms. The molecule has 1 aliphatic heterocycles. The number of nitrogens with one attached hydrogen (secondary N) is 1. The van der Waals surface area contributed by atoms with Gasteiger partial charge >= 0.3 is 0 Å². The van der Waals surface area contributed by atoms with Crippen molar-refractivity contribution in [3.63, 3.8) is 0 Å². The number of hydrogen-bond donors (Lipinski definition) is 1. The molecule has 0 aromatic carbocycles. The molecule has 1 N–H and O–H groups in total. The van der Waals surface area contributed by atoms with Crippen molar-refractivity contribution < 1.29 is 0 Å². The van der Waals surface area contributed by atoms with Gasteiger partial charge in [0.1, 0.15) is 0 Å². The molecule has 1 aromatic rings. The molecule has 0 amide bonds. The lowest BCUT2D eigenvalue weighted by atomic mass is 9.83. The summed E-state index contributed by atoms with van der Waals surface area (Å²) in [7, 11) is 0. The van der Waals surface area contributed by atoms with Crippen molar-refractivity contribution in [1.82, 2.24) is 15.2 Å². The zero-order valence-corrected chi connectivity index (χ0v) is 11.8. The van der Waals surface area contributed by atoms with E-state index >= 15 is 0 Å². The largest absolute Gasteiger partial charge is 0.314 e. The fourth-order valence-electron chi connectivity index (χ4n) is 2.72. The lowest BCUT2D eigenvalue weighted by Crippen LogP contribution is -2.43. The van der Waals surface area contributed by atoms with Crippen molar-refractivity contribution in [3.8, 4) is 0 Å². The van der Waals surface area contributed by atoms with Gasteiger partial charge in [0, 0.05) is 43.9 Å². The average Bonchev–Trinajstić information content (AvgIpc) is 2.77. The van der Waals surface area contributed by atoms with Gasteiger partial charge in [-0.25, -0.2) is 4.98 Å². The Hall–Kier alpha value is -0.450. The molecule has 0 unspecified atom stereocenters. The zero-order chi connectivity index (χ0) is 12.2. The second kappa shape index (κ2) is 6.13. The normalized spacial score (nSPS) is 22.0. The fourth-order valence-corrected chi connectivity index (χ4v) is 3.64. The van der Waals surface area contributed by atoms with Gasteiger partial charge in [-0.3, -0.25) is 0 Å². The lowest BCUT2D eigenvalue weighted by molar-refractivity contribution is 0.238. The maximum absolute atomic E-state index is 4.80. The summed E-state index contributed by atoms with van der Waals surface area (Å²) in [6, 6.07) is 0. The maximum atomic E-state index is 4.80. The van der Waals surface area contributed by atoms with Crippen LogP contribution in [0.5, 0.6) is 0 Å². The van der Waals surface area contributed by atoms with Gasteiger partial charge in [-0.2, -0.15) is 0 Å². The summed E-state index contributed by atoms with van der Waals surface area (Å²) >= 11 is 1.87. The van der Waals surface area contributed by atoms with Crippen LogP contribution in [0.15, 0.2) is 5.38 Å². The zero-order valence-electron chi connectivity index (χ0n) is 11.0. The molecule has 100 valence electrons. The molecule has 0 spiro atoms. The number of thiazole rings is 1. The monoisotopic (exact) mass is 265 g/mol. The first-order valence-corrected chi connectivity index (χ1v) is 8.17. The van der Waals surface area contributed by atoms with Crippen molar-refractivity contribution in [2.24, 2.45) is 0 Å². The van der Waals surface area contributed by atoms with Gasteiger partial charge in [-0.1, -0.05) is 6.42 Å². The Morgan fingerprint density at radius 1 is 1.33 bits per heavy atom. The van der Waals surface area contributed by atoms with E-state index in [2.05, 4.69) is 15.6 Å². The summed E-state index contributed by atoms with van der Waals surface area (Å²) in [5.74, 6) is 0.795. The molecule has 2 aliphatic rings. The van der Waals surface area contributed by atoms with Crippen LogP contribution in [0.1, 0.15) is 42.3 Å². The Labute approximate surface area is 114 Å². The van der Waals surface area contributed by atoms with Crippen LogP contribution in [-0.4, -0.2) is 42.6 Å². The van der Waals surface area contributed by atoms with E-state index in [0.717, 1.165) is 19.0 Å². The second-order valence-electron chi connectivity index (χ2n) is 5.49. The second-order valence-corrected chi connectivity index (χ2v) is 6.43. The molecule has 1 aliphatic carbocycles. The van der Waals surface area contributed by atoms with Crippen LogP contribution >= 0.6 is 11.3 Å². The topological polar surface area (TPSA) is 28.2 Å². The van der Waals surface area contributed by atoms with Gasteiger partial charge in [-0.05, 0) is 25.8 Å². The Morgan fingerprint density at radius 3 is 2.89 bits per heavy atom. The number of rotatable bonds is 5. The molecule has 1 saturated carbocycles. The number of nitrogens with zero attached hydrogens (tertiary/aromatic N) is 2. The molecule has 0 radical (unpaired) electrons. The Morgan fingerprint density at radius 2 is 2.17 bits per heavy atom. The Balaban J connectivity index is 1.40. The van der Waals surface area contributed by atoms with Crippen LogP contribution in [0, 0.1) is 0 Å². The van der Waals surface area contributed by atoms with E-state index in [4.69, 9.17) is 4.98 Å². The number of hydrogen-bond acceptors (Lipinski definition) is 4. The maximum Gasteiger partial charge on any atom is 0.0928 e. The van der Waals surface area contributed by atoms with Crippen molar-refractivity contribution in [3.05, 3.63) is 16.1 Å². The third kappa shape index (κ3) is 3.11. The lowest BCUT2D eigenvalue weighted by Gasteiger charge is -2.26. The van der Waals surface area contributed by atoms with E-state index in [1.54, 1.807) is 0 Å². The van der Waals surface area contributed by atoms with E-state index in [0.29, 0.717) is 0 Å². The number of piperazine rings is 1. The molecule has 2 heterocycles. The molecule has 0 bridgehead atoms. The average molecular weight is 265 g/mol. The van der Waals surface area contributed by atoms with Crippen molar-refractivity contribution in [2.75, 3.05) is 32.7 Å². The fraction of sp³-hybridized carbons (Fsp3) is 0.786. The van der Waals surface area contributed by atoms with Crippen LogP contribution in [0.4, 0.5) is 0 Å². The number of aryl methyl sites for hydroxylation is 1. The van der Waals surface area contributed by atoms with Gasteiger partial charge in [0.05, 0.1) is 10.7 Å². The van der Waals surface area contributed by atoms with E-state index in [-0.39, 0.29) is 0 Å². The van der Waals surface area contributed by atoms with Crippen molar-refractivity contribution in [1.29, 1.82) is 0 Å². The highest BCUT2D eigenvalue weighted by Crippen LogP contribution is 2.36. The smallest absolute Gasteiger partial charge is 0.0928 e. The minimum Gasteiger partial charge on any atom is -0.314 e. The van der Waals surface area contributed by atoms with Crippen LogP contribution in [0.25, 0.3) is 0 Å². The predicted molar refractivity (Wildman–Crippen MR) is 76.3 cm³/mol. The minimum absolute atomic E-state index is 0.795. The van der Waals surface area contributed by atoms with Gasteiger partial charge in [0.25, 0.3) is 0 Å². The van der Waals surface area contributed by atoms with Gasteiger partial charge < -0.3 is 10.2 Å². The SMILES string of the molecule is c1sc(CCCN2CCNCC2)nc1C1CCC1. The highest BCUT2D eigenvalue weighted by Gasteiger charge is 2.21. The predicted octanol–water partition coefficient (Wildman–Crippen LogP) is 2.25. The highest BCUT2D eigenvalue weighted by molar-refractivity contribution is 7.09. The molecule has 2 fully saturated rings. The molecule has 1 saturated heterocycles. The van der Waals surface area contributed by atoms with E-state index in [1.165, 1.54) is 62.4 Å². The van der Waals surface area contributed by atoms with Crippen LogP contribution < -0.4 is 5.32 Å². The third-order valence-electron chi connectivity index (χ3n) is 4.17. The first kappa shape index (κ1) is 12.6. The molecular formula is C14H23N3S. The molecule has 18 heavy (non-hydrogen) atoms. The summed E-state index contributed by atoms with van der Waals surface area (Å²) in [5.41, 5.74) is 1.38. The van der Waals surface area contributed by atoms with Gasteiger partial charge in [0.2, 0.25) is 0 Å². The molecule has 3 rings (SSSR count).